The number of H-pyrrole nitrogens is 3. The van der Waals surface area contributed by atoms with Crippen molar-refractivity contribution in [3.05, 3.63) is 234 Å². The van der Waals surface area contributed by atoms with E-state index in [0.29, 0.717) is 39.0 Å². The van der Waals surface area contributed by atoms with Crippen LogP contribution in [0.25, 0.3) is 44.1 Å². The van der Waals surface area contributed by atoms with Gasteiger partial charge in [0, 0.05) is 36.8 Å². The topological polar surface area (TPSA) is 470 Å². The summed E-state index contributed by atoms with van der Waals surface area (Å²) < 4.78 is 0. The highest BCUT2D eigenvalue weighted by atomic mass is 16.5. The maximum atomic E-state index is 10.5. The van der Waals surface area contributed by atoms with E-state index in [1.807, 2.05) is 105 Å². The molecule has 4 heterocycles. The van der Waals surface area contributed by atoms with Crippen molar-refractivity contribution in [2.45, 2.75) is 13.8 Å². The van der Waals surface area contributed by atoms with E-state index < -0.39 is 32.1 Å². The molecule has 466 valence electrons. The number of hydrogen-bond acceptors (Lipinski definition) is 21. The van der Waals surface area contributed by atoms with Gasteiger partial charge >= 0.3 is 32.1 Å². The second-order valence-corrected chi connectivity index (χ2v) is 18.9. The van der Waals surface area contributed by atoms with Gasteiger partial charge < -0.3 is 67.8 Å². The van der Waals surface area contributed by atoms with Crippen LogP contribution in [0.15, 0.2) is 206 Å². The third-order valence-corrected chi connectivity index (χ3v) is 12.1. The number of benzene rings is 9. The molecule has 30 heteroatoms. The van der Waals surface area contributed by atoms with Crippen LogP contribution in [-0.4, -0.2) is 153 Å². The summed E-state index contributed by atoms with van der Waals surface area (Å²) in [6.07, 6.45) is 0. The minimum absolute atomic E-state index is 0.0671. The molecular weight excluding hydrogens is 1170 g/mol. The van der Waals surface area contributed by atoms with Crippen LogP contribution < -0.4 is 33.0 Å². The van der Waals surface area contributed by atoms with Gasteiger partial charge in [-0.15, -0.1) is 5.10 Å². The van der Waals surface area contributed by atoms with Crippen molar-refractivity contribution in [2.75, 3.05) is 36.2 Å². The third kappa shape index (κ3) is 22.5. The number of anilines is 4. The summed E-state index contributed by atoms with van der Waals surface area (Å²) in [6.45, 7) is 3.82. The lowest BCUT2D eigenvalue weighted by Crippen LogP contribution is -2.29. The number of aromatic nitrogens is 12. The summed E-state index contributed by atoms with van der Waals surface area (Å²) >= 11 is 0. The molecule has 0 fully saturated rings. The van der Waals surface area contributed by atoms with Gasteiger partial charge in [-0.1, -0.05) is 114 Å². The maximum absolute atomic E-state index is 10.5. The summed E-state index contributed by atoms with van der Waals surface area (Å²) in [5.41, 5.74) is 28.7. The van der Waals surface area contributed by atoms with Crippen LogP contribution in [0, 0.1) is 13.8 Å². The molecule has 0 bridgehead atoms. The molecule has 13 rings (SSSR count). The summed E-state index contributed by atoms with van der Waals surface area (Å²) in [6, 6.07) is 59.1. The van der Waals surface area contributed by atoms with Gasteiger partial charge in [0.2, 0.25) is 0 Å². The fraction of sp³-hybridized carbons (Fsp3) is 0.0656. The number of nitrogens with one attached hydrogen (secondary N) is 3. The zero-order valence-corrected chi connectivity index (χ0v) is 49.2. The highest BCUT2D eigenvalue weighted by Crippen LogP contribution is 2.17. The van der Waals surface area contributed by atoms with Crippen molar-refractivity contribution >= 4 is 110 Å². The number of carboxylic acids is 3. The predicted octanol–water partition coefficient (Wildman–Crippen LogP) is 5.56. The van der Waals surface area contributed by atoms with Crippen molar-refractivity contribution in [2.24, 2.45) is 0 Å². The summed E-state index contributed by atoms with van der Waals surface area (Å²) in [7, 11) is 1.15. The first-order chi connectivity index (χ1) is 43.5. The summed E-state index contributed by atoms with van der Waals surface area (Å²) in [5, 5.41) is 116. The van der Waals surface area contributed by atoms with Crippen LogP contribution >= 0.6 is 0 Å². The van der Waals surface area contributed by atoms with Crippen molar-refractivity contribution in [3.63, 3.8) is 0 Å². The van der Waals surface area contributed by atoms with Crippen molar-refractivity contribution < 1.29 is 60.1 Å². The smallest absolute Gasteiger partial charge is 0.488 e. The highest BCUT2D eigenvalue weighted by Gasteiger charge is 2.11. The molecule has 18 N–H and O–H groups in total. The molecule has 0 amide bonds. The van der Waals surface area contributed by atoms with Crippen LogP contribution in [0.2, 0.25) is 0 Å². The molecule has 0 atom stereocenters. The van der Waals surface area contributed by atoms with E-state index in [9.17, 15) is 14.4 Å². The Kier molecular flexibility index (Phi) is 27.1. The molecule has 0 unspecified atom stereocenters. The quantitative estimate of drug-likeness (QED) is 0.0550. The second kappa shape index (κ2) is 35.4. The Balaban J connectivity index is 0.000000186. The number of carbonyl (C=O) groups is 3. The number of aryl methyl sites for hydroxylation is 2. The minimum Gasteiger partial charge on any atom is -0.507 e. The van der Waals surface area contributed by atoms with E-state index in [1.54, 1.807) is 110 Å². The third-order valence-electron chi connectivity index (χ3n) is 12.1. The lowest BCUT2D eigenvalue weighted by atomic mass is 9.80. The number of rotatable bonds is 6. The average Bonchev–Trinajstić information content (AvgIpc) is 3.62. The van der Waals surface area contributed by atoms with Crippen LogP contribution in [0.5, 0.6) is 5.75 Å². The summed E-state index contributed by atoms with van der Waals surface area (Å²) in [4.78, 5) is 33.8. The monoisotopic (exact) mass is 1230 g/mol. The fourth-order valence-electron chi connectivity index (χ4n) is 7.23. The minimum atomic E-state index is -1.37. The molecule has 0 saturated heterocycles. The number of fused-ring (bicyclic) bond motifs is 4. The van der Waals surface area contributed by atoms with E-state index in [4.69, 9.17) is 62.9 Å². The fourth-order valence-corrected chi connectivity index (χ4v) is 7.23. The number of nitrogens with two attached hydrogens (primary N) is 3. The average molecular weight is 1230 g/mol. The molecule has 9 aromatic carbocycles. The van der Waals surface area contributed by atoms with Crippen molar-refractivity contribution in [1.82, 2.24) is 61.4 Å². The number of para-hydroxylation sites is 6. The molecule has 0 radical (unpaired) electrons. The van der Waals surface area contributed by atoms with E-state index in [-0.39, 0.29) is 22.4 Å². The number of aromatic hydroxyl groups is 1. The molecule has 28 nitrogen and oxygen atoms in total. The number of nitrogens with zero attached hydrogens (tertiary/aromatic N) is 10. The SMILES string of the molecule is CN(C)c1ccc(B(O)O)cc1.Cc1ccc2n[nH]nc2c1.Cc1cccc(C(=O)O)c1N.Nc1ccc2n[nH]nc2c1.Nc1ccccc1C(=O)O.O=C(O)c1ccccc1O.OB(O)c1ccccc1.On1nnc2ccccc21.c1ccc2n[nH]nc2c1. The number of phenols is 1. The lowest BCUT2D eigenvalue weighted by molar-refractivity contribution is 0.0684. The molecular formula is C61H64B2N16O12. The second-order valence-electron chi connectivity index (χ2n) is 18.9. The standard InChI is InChI=1S/C8H12BNO2.C8H9NO2.C7H7N3.C7H7NO2.C7H6O3.C6H7BO2.C6H6N4.C6H5N3O.C6H5N3/c1-10(2)8-5-3-7(4-6-8)9(11)12;1-5-3-2-4-6(7(5)9)8(10)11;1-5-2-3-6-7(4-5)9-10-8-6;2*8-6-4-2-1-3-5(6)7(9)10;8-7(9)6-4-2-1-3-5-6;7-4-1-2-5-6(3-4)9-10-8-5;10-9-6-4-2-1-3-5(6)7-8-9;1-2-4-6-5(3-1)7-9-8-6/h3-6,11-12H,1-2H3;2-4H,9H2,1H3,(H,10,11);2-4H,1H3,(H,8,9,10);1-4H,8H2,(H,9,10);1-4,8H,(H,9,10);1-5,8-9H;1-3H,7H2,(H,8,9,10);1-4,10H;1-4H,(H,7,8,9). The van der Waals surface area contributed by atoms with Gasteiger partial charge in [-0.25, -0.2) is 14.4 Å². The largest absolute Gasteiger partial charge is 0.507 e. The zero-order chi connectivity index (χ0) is 66.4. The zero-order valence-electron chi connectivity index (χ0n) is 49.2. The molecule has 4 aromatic heterocycles. The molecule has 0 spiro atoms. The first kappa shape index (κ1) is 69.5. The Morgan fingerprint density at radius 1 is 0.462 bits per heavy atom. The van der Waals surface area contributed by atoms with Gasteiger partial charge in [-0.05, 0) is 138 Å². The van der Waals surface area contributed by atoms with E-state index in [2.05, 4.69) is 56.5 Å². The first-order valence-electron chi connectivity index (χ1n) is 26.8. The molecule has 0 saturated carbocycles. The molecule has 0 aliphatic carbocycles. The van der Waals surface area contributed by atoms with Gasteiger partial charge in [-0.2, -0.15) is 46.2 Å². The van der Waals surface area contributed by atoms with E-state index in [0.717, 1.165) is 49.2 Å². The van der Waals surface area contributed by atoms with Gasteiger partial charge in [0.25, 0.3) is 0 Å². The molecule has 0 aliphatic heterocycles. The number of nitrogen functional groups attached to an aromatic ring is 3. The first-order valence-corrected chi connectivity index (χ1v) is 26.8. The van der Waals surface area contributed by atoms with Crippen LogP contribution in [0.3, 0.4) is 0 Å². The van der Waals surface area contributed by atoms with Gasteiger partial charge in [0.05, 0.1) is 11.1 Å². The van der Waals surface area contributed by atoms with E-state index >= 15 is 0 Å². The Hall–Kier alpha value is -12.2. The molecule has 13 aromatic rings. The molecule has 0 aliphatic rings. The highest BCUT2D eigenvalue weighted by molar-refractivity contribution is 6.58. The van der Waals surface area contributed by atoms with Gasteiger partial charge in [0.1, 0.15) is 55.4 Å². The normalized spacial score (nSPS) is 9.80. The molecule has 91 heavy (non-hydrogen) atoms. The van der Waals surface area contributed by atoms with Gasteiger partial charge in [-0.3, -0.25) is 0 Å². The Morgan fingerprint density at radius 3 is 1.37 bits per heavy atom. The van der Waals surface area contributed by atoms with Crippen LogP contribution in [-0.2, 0) is 0 Å². The van der Waals surface area contributed by atoms with Crippen molar-refractivity contribution in [1.29, 1.82) is 0 Å². The Labute approximate surface area is 519 Å². The lowest BCUT2D eigenvalue weighted by Gasteiger charge is -2.12. The van der Waals surface area contributed by atoms with Crippen LogP contribution in [0.4, 0.5) is 22.7 Å². The maximum Gasteiger partial charge on any atom is 0.488 e. The Bertz CT molecular complexity index is 4180. The predicted molar refractivity (Wildman–Crippen MR) is 348 cm³/mol. The van der Waals surface area contributed by atoms with E-state index in [1.165, 1.54) is 29.8 Å². The number of aromatic carboxylic acids is 3. The van der Waals surface area contributed by atoms with Crippen molar-refractivity contribution in [3.8, 4) is 5.75 Å². The number of hydrogen-bond donors (Lipinski definition) is 15. The Morgan fingerprint density at radius 2 is 0.901 bits per heavy atom. The van der Waals surface area contributed by atoms with Crippen LogP contribution in [0.1, 0.15) is 42.2 Å². The number of aromatic amines is 3. The van der Waals surface area contributed by atoms with Gasteiger partial charge in [0.15, 0.2) is 0 Å². The summed E-state index contributed by atoms with van der Waals surface area (Å²) in [5.74, 6) is -3.28. The number of carboxylic acid groups (broad SMARTS) is 3.